The Morgan fingerprint density at radius 1 is 1.33 bits per heavy atom. The van der Waals surface area contributed by atoms with Crippen molar-refractivity contribution in [3.63, 3.8) is 0 Å². The summed E-state index contributed by atoms with van der Waals surface area (Å²) in [5.41, 5.74) is 8.85. The number of aryl methyl sites for hydroxylation is 1. The van der Waals surface area contributed by atoms with E-state index in [0.717, 1.165) is 16.7 Å². The van der Waals surface area contributed by atoms with Crippen LogP contribution in [0.1, 0.15) is 11.1 Å². The second kappa shape index (κ2) is 6.35. The lowest BCUT2D eigenvalue weighted by Gasteiger charge is -2.09. The monoisotopic (exact) mass is 277 g/mol. The zero-order chi connectivity index (χ0) is 15.2. The van der Waals surface area contributed by atoms with E-state index in [1.54, 1.807) is 12.4 Å². The summed E-state index contributed by atoms with van der Waals surface area (Å²) in [5, 5.41) is 9.01. The Bertz CT molecular complexity index is 791. The van der Waals surface area contributed by atoms with E-state index in [2.05, 4.69) is 22.6 Å². The van der Waals surface area contributed by atoms with E-state index in [4.69, 9.17) is 11.0 Å². The van der Waals surface area contributed by atoms with Crippen LogP contribution in [0, 0.1) is 11.3 Å². The summed E-state index contributed by atoms with van der Waals surface area (Å²) in [6, 6.07) is 9.54. The van der Waals surface area contributed by atoms with Crippen molar-refractivity contribution >= 4 is 5.57 Å². The second-order valence-corrected chi connectivity index (χ2v) is 4.41. The van der Waals surface area contributed by atoms with Gasteiger partial charge in [-0.15, -0.1) is 0 Å². The molecule has 5 nitrogen and oxygen atoms in total. The largest absolute Gasteiger partial charge is 0.384 e. The minimum Gasteiger partial charge on any atom is -0.384 e. The predicted octanol–water partition coefficient (Wildman–Crippen LogP) is 1.71. The van der Waals surface area contributed by atoms with E-state index in [9.17, 15) is 0 Å². The molecule has 2 rings (SSSR count). The zero-order valence-corrected chi connectivity index (χ0v) is 11.7. The van der Waals surface area contributed by atoms with Crippen molar-refractivity contribution in [3.05, 3.63) is 77.9 Å². The van der Waals surface area contributed by atoms with Crippen LogP contribution < -0.4 is 11.2 Å². The van der Waals surface area contributed by atoms with Gasteiger partial charge in [0.25, 0.3) is 0 Å². The summed E-state index contributed by atoms with van der Waals surface area (Å²) in [5.74, 6) is 0.250. The highest BCUT2D eigenvalue weighted by atomic mass is 15.0. The SMILES string of the molecule is C=C(N)/N=c1/ccc(/C(=C/C#N)c2ccncc2)cn1C. The molecular formula is C16H15N5. The molecule has 21 heavy (non-hydrogen) atoms. The van der Waals surface area contributed by atoms with Gasteiger partial charge in [0.2, 0.25) is 0 Å². The third kappa shape index (κ3) is 3.45. The molecule has 2 aromatic rings. The van der Waals surface area contributed by atoms with Crippen molar-refractivity contribution in [1.29, 1.82) is 5.26 Å². The molecule has 2 aromatic heterocycles. The lowest BCUT2D eigenvalue weighted by atomic mass is 10.0. The summed E-state index contributed by atoms with van der Waals surface area (Å²) in [7, 11) is 1.86. The Hall–Kier alpha value is -3.13. The van der Waals surface area contributed by atoms with E-state index in [0.29, 0.717) is 5.49 Å². The second-order valence-electron chi connectivity index (χ2n) is 4.41. The van der Waals surface area contributed by atoms with Crippen LogP contribution in [0.5, 0.6) is 0 Å². The van der Waals surface area contributed by atoms with Gasteiger partial charge in [-0.05, 0) is 35.4 Å². The van der Waals surface area contributed by atoms with Gasteiger partial charge < -0.3 is 10.3 Å². The molecule has 2 heterocycles. The van der Waals surface area contributed by atoms with E-state index >= 15 is 0 Å². The van der Waals surface area contributed by atoms with Crippen molar-refractivity contribution in [3.8, 4) is 6.07 Å². The molecular weight excluding hydrogens is 262 g/mol. The highest BCUT2D eigenvalue weighted by Crippen LogP contribution is 2.21. The highest BCUT2D eigenvalue weighted by molar-refractivity contribution is 5.80. The molecule has 0 aliphatic rings. The maximum absolute atomic E-state index is 9.01. The molecule has 0 spiro atoms. The summed E-state index contributed by atoms with van der Waals surface area (Å²) >= 11 is 0. The van der Waals surface area contributed by atoms with Crippen LogP contribution in [0.3, 0.4) is 0 Å². The van der Waals surface area contributed by atoms with Gasteiger partial charge in [-0.2, -0.15) is 5.26 Å². The van der Waals surface area contributed by atoms with E-state index in [1.807, 2.05) is 42.1 Å². The minimum atomic E-state index is 0.250. The Labute approximate surface area is 123 Å². The molecule has 0 radical (unpaired) electrons. The van der Waals surface area contributed by atoms with Crippen molar-refractivity contribution < 1.29 is 0 Å². The first-order chi connectivity index (χ1) is 10.1. The Balaban J connectivity index is 2.55. The fourth-order valence-electron chi connectivity index (χ4n) is 1.95. The third-order valence-electron chi connectivity index (χ3n) is 2.88. The van der Waals surface area contributed by atoms with Crippen LogP contribution in [0.4, 0.5) is 0 Å². The van der Waals surface area contributed by atoms with Gasteiger partial charge in [0.15, 0.2) is 0 Å². The normalized spacial score (nSPS) is 12.0. The lowest BCUT2D eigenvalue weighted by Crippen LogP contribution is -2.18. The zero-order valence-electron chi connectivity index (χ0n) is 11.7. The van der Waals surface area contributed by atoms with Crippen LogP contribution >= 0.6 is 0 Å². The summed E-state index contributed by atoms with van der Waals surface area (Å²) in [6.07, 6.45) is 6.81. The van der Waals surface area contributed by atoms with Crippen LogP contribution in [0.15, 0.2) is 66.3 Å². The topological polar surface area (TPSA) is 80.0 Å². The molecule has 5 heteroatoms. The Morgan fingerprint density at radius 3 is 2.62 bits per heavy atom. The average molecular weight is 277 g/mol. The van der Waals surface area contributed by atoms with E-state index in [-0.39, 0.29) is 5.82 Å². The van der Waals surface area contributed by atoms with E-state index in [1.165, 1.54) is 6.08 Å². The van der Waals surface area contributed by atoms with Crippen molar-refractivity contribution in [1.82, 2.24) is 9.55 Å². The molecule has 0 fully saturated rings. The minimum absolute atomic E-state index is 0.250. The van der Waals surface area contributed by atoms with Crippen LogP contribution in [0.2, 0.25) is 0 Å². The summed E-state index contributed by atoms with van der Waals surface area (Å²) in [6.45, 7) is 3.56. The number of pyridine rings is 2. The maximum atomic E-state index is 9.01. The van der Waals surface area contributed by atoms with Gasteiger partial charge >= 0.3 is 0 Å². The number of allylic oxidation sites excluding steroid dienone is 1. The van der Waals surface area contributed by atoms with Gasteiger partial charge in [0.1, 0.15) is 11.3 Å². The molecule has 0 bridgehead atoms. The number of nitrogens with two attached hydrogens (primary N) is 1. The Kier molecular flexibility index (Phi) is 4.32. The molecule has 0 atom stereocenters. The number of rotatable bonds is 3. The van der Waals surface area contributed by atoms with Gasteiger partial charge in [-0.25, -0.2) is 4.99 Å². The van der Waals surface area contributed by atoms with Gasteiger partial charge in [0, 0.05) is 37.3 Å². The quantitative estimate of drug-likeness (QED) is 0.867. The molecule has 0 saturated carbocycles. The summed E-state index contributed by atoms with van der Waals surface area (Å²) in [4.78, 5) is 8.12. The van der Waals surface area contributed by atoms with Gasteiger partial charge in [-0.3, -0.25) is 4.98 Å². The van der Waals surface area contributed by atoms with E-state index < -0.39 is 0 Å². The number of hydrogen-bond donors (Lipinski definition) is 1. The fourth-order valence-corrected chi connectivity index (χ4v) is 1.95. The first kappa shape index (κ1) is 14.3. The molecule has 0 aromatic carbocycles. The molecule has 2 N–H and O–H groups in total. The average Bonchev–Trinajstić information content (AvgIpc) is 2.47. The lowest BCUT2D eigenvalue weighted by molar-refractivity contribution is 0.823. The Morgan fingerprint density at radius 2 is 2.05 bits per heavy atom. The molecule has 104 valence electrons. The van der Waals surface area contributed by atoms with Gasteiger partial charge in [0.05, 0.1) is 6.07 Å². The van der Waals surface area contributed by atoms with Crippen LogP contribution in [-0.4, -0.2) is 9.55 Å². The first-order valence-corrected chi connectivity index (χ1v) is 6.28. The fraction of sp³-hybridized carbons (Fsp3) is 0.0625. The highest BCUT2D eigenvalue weighted by Gasteiger charge is 2.05. The third-order valence-corrected chi connectivity index (χ3v) is 2.88. The maximum Gasteiger partial charge on any atom is 0.134 e. The van der Waals surface area contributed by atoms with Crippen molar-refractivity contribution in [2.45, 2.75) is 0 Å². The molecule has 0 amide bonds. The van der Waals surface area contributed by atoms with Crippen molar-refractivity contribution in [2.75, 3.05) is 0 Å². The molecule has 0 saturated heterocycles. The number of hydrogen-bond acceptors (Lipinski definition) is 4. The number of nitrogens with zero attached hydrogens (tertiary/aromatic N) is 4. The molecule has 0 aliphatic carbocycles. The molecule has 0 unspecified atom stereocenters. The summed E-state index contributed by atoms with van der Waals surface area (Å²) < 4.78 is 1.83. The number of nitriles is 1. The predicted molar refractivity (Wildman–Crippen MR) is 81.2 cm³/mol. The standard InChI is InChI=1S/C16H15N5/c1-12(18)20-16-4-3-14(11-21(16)2)15(5-8-17)13-6-9-19-10-7-13/h3-7,9-11H,1,18H2,2H3/b15-5+,20-16-. The first-order valence-electron chi connectivity index (χ1n) is 6.28. The van der Waals surface area contributed by atoms with Gasteiger partial charge in [-0.1, -0.05) is 6.58 Å². The molecule has 0 aliphatic heterocycles. The smallest absolute Gasteiger partial charge is 0.134 e. The van der Waals surface area contributed by atoms with Crippen LogP contribution in [-0.2, 0) is 7.05 Å². The van der Waals surface area contributed by atoms with Crippen LogP contribution in [0.25, 0.3) is 5.57 Å². The number of aromatic nitrogens is 2. The van der Waals surface area contributed by atoms with Crippen molar-refractivity contribution in [2.24, 2.45) is 17.8 Å².